The first-order valence-corrected chi connectivity index (χ1v) is 8.08. The number of halogens is 1. The van der Waals surface area contributed by atoms with Crippen molar-refractivity contribution < 1.29 is 4.39 Å². The van der Waals surface area contributed by atoms with E-state index in [4.69, 9.17) is 0 Å². The van der Waals surface area contributed by atoms with Gasteiger partial charge >= 0.3 is 0 Å². The van der Waals surface area contributed by atoms with E-state index in [1.54, 1.807) is 12.1 Å². The summed E-state index contributed by atoms with van der Waals surface area (Å²) in [5.41, 5.74) is 3.37. The van der Waals surface area contributed by atoms with Gasteiger partial charge in [-0.25, -0.2) is 4.39 Å². The van der Waals surface area contributed by atoms with E-state index >= 15 is 0 Å². The summed E-state index contributed by atoms with van der Waals surface area (Å²) in [7, 11) is 0. The van der Waals surface area contributed by atoms with Gasteiger partial charge in [0.25, 0.3) is 0 Å². The fourth-order valence-corrected chi connectivity index (χ4v) is 2.77. The fourth-order valence-electron chi connectivity index (χ4n) is 1.90. The number of benzene rings is 2. The number of rotatable bonds is 7. The molecule has 2 rings (SSSR count). The molecule has 0 fully saturated rings. The first-order valence-electron chi connectivity index (χ1n) is 6.93. The van der Waals surface area contributed by atoms with Crippen molar-refractivity contribution in [2.45, 2.75) is 25.6 Å². The van der Waals surface area contributed by atoms with Crippen LogP contribution in [0.4, 0.5) is 10.1 Å². The Labute approximate surface area is 124 Å². The smallest absolute Gasteiger partial charge is 0.123 e. The summed E-state index contributed by atoms with van der Waals surface area (Å²) >= 11 is 1.96. The third kappa shape index (κ3) is 4.89. The molecule has 0 saturated heterocycles. The van der Waals surface area contributed by atoms with Gasteiger partial charge in [-0.3, -0.25) is 0 Å². The lowest BCUT2D eigenvalue weighted by molar-refractivity contribution is 0.626. The average molecular weight is 289 g/mol. The molecule has 0 atom stereocenters. The SMILES string of the molecule is CCCSCc1ccc(NCc2cccc(F)c2)cc1. The van der Waals surface area contributed by atoms with E-state index in [1.165, 1.54) is 23.8 Å². The molecule has 0 aliphatic rings. The first kappa shape index (κ1) is 14.9. The molecule has 0 radical (unpaired) electrons. The van der Waals surface area contributed by atoms with Gasteiger partial charge in [0, 0.05) is 18.0 Å². The van der Waals surface area contributed by atoms with Crippen molar-refractivity contribution in [1.29, 1.82) is 0 Å². The van der Waals surface area contributed by atoms with Gasteiger partial charge in [-0.1, -0.05) is 31.2 Å². The molecule has 0 bridgehead atoms. The van der Waals surface area contributed by atoms with Crippen molar-refractivity contribution in [2.75, 3.05) is 11.1 Å². The predicted molar refractivity (Wildman–Crippen MR) is 86.6 cm³/mol. The molecule has 0 spiro atoms. The van der Waals surface area contributed by atoms with Gasteiger partial charge < -0.3 is 5.32 Å². The Morgan fingerprint density at radius 3 is 2.55 bits per heavy atom. The predicted octanol–water partition coefficient (Wildman–Crippen LogP) is 5.08. The van der Waals surface area contributed by atoms with Crippen LogP contribution >= 0.6 is 11.8 Å². The quantitative estimate of drug-likeness (QED) is 0.713. The summed E-state index contributed by atoms with van der Waals surface area (Å²) in [6.07, 6.45) is 1.22. The van der Waals surface area contributed by atoms with E-state index in [1.807, 2.05) is 17.8 Å². The lowest BCUT2D eigenvalue weighted by Gasteiger charge is -2.08. The maximum Gasteiger partial charge on any atom is 0.123 e. The number of nitrogens with one attached hydrogen (secondary N) is 1. The minimum atomic E-state index is -0.187. The third-order valence-electron chi connectivity index (χ3n) is 2.96. The summed E-state index contributed by atoms with van der Waals surface area (Å²) < 4.78 is 13.1. The zero-order valence-electron chi connectivity index (χ0n) is 11.7. The lowest BCUT2D eigenvalue weighted by atomic mass is 10.2. The minimum Gasteiger partial charge on any atom is -0.381 e. The Balaban J connectivity index is 1.84. The van der Waals surface area contributed by atoms with Crippen LogP contribution in [0, 0.1) is 5.82 Å². The molecule has 3 heteroatoms. The van der Waals surface area contributed by atoms with Crippen molar-refractivity contribution in [1.82, 2.24) is 0 Å². The molecular formula is C17H20FNS. The molecule has 2 aromatic carbocycles. The number of hydrogen-bond donors (Lipinski definition) is 1. The van der Waals surface area contributed by atoms with Crippen LogP contribution in [-0.4, -0.2) is 5.75 Å². The summed E-state index contributed by atoms with van der Waals surface area (Å²) in [5, 5.41) is 3.31. The van der Waals surface area contributed by atoms with Crippen molar-refractivity contribution in [3.8, 4) is 0 Å². The van der Waals surface area contributed by atoms with E-state index in [9.17, 15) is 4.39 Å². The molecule has 0 aliphatic carbocycles. The van der Waals surface area contributed by atoms with Gasteiger partial charge in [-0.15, -0.1) is 0 Å². The largest absolute Gasteiger partial charge is 0.381 e. The summed E-state index contributed by atoms with van der Waals surface area (Å²) in [4.78, 5) is 0. The Morgan fingerprint density at radius 2 is 1.85 bits per heavy atom. The summed E-state index contributed by atoms with van der Waals surface area (Å²) in [5.74, 6) is 2.09. The zero-order valence-corrected chi connectivity index (χ0v) is 12.5. The Bertz CT molecular complexity index is 525. The Kier molecular flexibility index (Phi) is 5.93. The van der Waals surface area contributed by atoms with Crippen molar-refractivity contribution in [2.24, 2.45) is 0 Å². The standard InChI is InChI=1S/C17H20FNS/c1-2-10-20-13-14-6-8-17(9-7-14)19-12-15-4-3-5-16(18)11-15/h3-9,11,19H,2,10,12-13H2,1H3. The normalized spacial score (nSPS) is 10.5. The van der Waals surface area contributed by atoms with Gasteiger partial charge in [0.1, 0.15) is 5.82 Å². The Hall–Kier alpha value is -1.48. The third-order valence-corrected chi connectivity index (χ3v) is 4.19. The highest BCUT2D eigenvalue weighted by Gasteiger charge is 1.97. The molecule has 2 aromatic rings. The summed E-state index contributed by atoms with van der Waals surface area (Å²) in [6.45, 7) is 2.84. The first-order chi connectivity index (χ1) is 9.78. The van der Waals surface area contributed by atoms with Crippen molar-refractivity contribution in [3.63, 3.8) is 0 Å². The van der Waals surface area contributed by atoms with Crippen LogP contribution in [-0.2, 0) is 12.3 Å². The van der Waals surface area contributed by atoms with Crippen LogP contribution in [0.5, 0.6) is 0 Å². The molecule has 0 aliphatic heterocycles. The van der Waals surface area contributed by atoms with Crippen molar-refractivity contribution >= 4 is 17.4 Å². The van der Waals surface area contributed by atoms with Crippen LogP contribution in [0.25, 0.3) is 0 Å². The van der Waals surface area contributed by atoms with E-state index < -0.39 is 0 Å². The molecule has 0 saturated carbocycles. The maximum absolute atomic E-state index is 13.1. The molecule has 106 valence electrons. The Morgan fingerprint density at radius 1 is 1.05 bits per heavy atom. The molecule has 1 N–H and O–H groups in total. The molecule has 1 nitrogen and oxygen atoms in total. The highest BCUT2D eigenvalue weighted by molar-refractivity contribution is 7.98. The highest BCUT2D eigenvalue weighted by Crippen LogP contribution is 2.16. The van der Waals surface area contributed by atoms with E-state index in [2.05, 4.69) is 36.5 Å². The molecule has 0 unspecified atom stereocenters. The van der Waals surface area contributed by atoms with Crippen LogP contribution < -0.4 is 5.32 Å². The lowest BCUT2D eigenvalue weighted by Crippen LogP contribution is -1.99. The fraction of sp³-hybridized carbons (Fsp3) is 0.294. The minimum absolute atomic E-state index is 0.187. The van der Waals surface area contributed by atoms with Crippen LogP contribution in [0.1, 0.15) is 24.5 Å². The van der Waals surface area contributed by atoms with Gasteiger partial charge in [0.2, 0.25) is 0 Å². The van der Waals surface area contributed by atoms with Crippen molar-refractivity contribution in [3.05, 3.63) is 65.5 Å². The van der Waals surface area contributed by atoms with Crippen LogP contribution in [0.2, 0.25) is 0 Å². The van der Waals surface area contributed by atoms with Gasteiger partial charge in [-0.2, -0.15) is 11.8 Å². The summed E-state index contributed by atoms with van der Waals surface area (Å²) in [6, 6.07) is 15.1. The second-order valence-electron chi connectivity index (χ2n) is 4.73. The van der Waals surface area contributed by atoms with Crippen LogP contribution in [0.15, 0.2) is 48.5 Å². The topological polar surface area (TPSA) is 12.0 Å². The molecular weight excluding hydrogens is 269 g/mol. The zero-order chi connectivity index (χ0) is 14.2. The average Bonchev–Trinajstić information content (AvgIpc) is 2.47. The number of hydrogen-bond acceptors (Lipinski definition) is 2. The van der Waals surface area contributed by atoms with E-state index in [0.29, 0.717) is 6.54 Å². The van der Waals surface area contributed by atoms with E-state index in [0.717, 1.165) is 17.0 Å². The number of anilines is 1. The number of thioether (sulfide) groups is 1. The maximum atomic E-state index is 13.1. The second kappa shape index (κ2) is 7.95. The van der Waals surface area contributed by atoms with Gasteiger partial charge in [-0.05, 0) is 47.6 Å². The molecule has 0 aromatic heterocycles. The second-order valence-corrected chi connectivity index (χ2v) is 5.84. The van der Waals surface area contributed by atoms with Crippen LogP contribution in [0.3, 0.4) is 0 Å². The van der Waals surface area contributed by atoms with Gasteiger partial charge in [0.05, 0.1) is 0 Å². The molecule has 20 heavy (non-hydrogen) atoms. The molecule has 0 heterocycles. The highest BCUT2D eigenvalue weighted by atomic mass is 32.2. The monoisotopic (exact) mass is 289 g/mol. The van der Waals surface area contributed by atoms with E-state index in [-0.39, 0.29) is 5.82 Å². The molecule has 0 amide bonds. The van der Waals surface area contributed by atoms with Gasteiger partial charge in [0.15, 0.2) is 0 Å².